The van der Waals surface area contributed by atoms with Gasteiger partial charge in [-0.1, -0.05) is 0 Å². The van der Waals surface area contributed by atoms with Gasteiger partial charge < -0.3 is 15.4 Å². The molecule has 0 unspecified atom stereocenters. The summed E-state index contributed by atoms with van der Waals surface area (Å²) in [5, 5.41) is 10.6. The van der Waals surface area contributed by atoms with Gasteiger partial charge in [0, 0.05) is 31.0 Å². The third-order valence-electron chi connectivity index (χ3n) is 4.49. The minimum absolute atomic E-state index is 0.00196. The predicted octanol–water partition coefficient (Wildman–Crippen LogP) is 0.784. The summed E-state index contributed by atoms with van der Waals surface area (Å²) in [7, 11) is 1.71. The van der Waals surface area contributed by atoms with Crippen LogP contribution in [0.25, 0.3) is 5.65 Å². The highest BCUT2D eigenvalue weighted by molar-refractivity contribution is 5.99. The molecule has 0 aliphatic carbocycles. The van der Waals surface area contributed by atoms with E-state index in [-0.39, 0.29) is 11.3 Å². The lowest BCUT2D eigenvalue weighted by Gasteiger charge is -2.37. The first-order valence-corrected chi connectivity index (χ1v) is 7.92. The highest BCUT2D eigenvalue weighted by Crippen LogP contribution is 2.28. The number of methoxy groups -OCH3 is 1. The molecular weight excluding hydrogens is 294 g/mol. The Morgan fingerprint density at radius 2 is 2.26 bits per heavy atom. The van der Waals surface area contributed by atoms with Gasteiger partial charge >= 0.3 is 0 Å². The second-order valence-corrected chi connectivity index (χ2v) is 6.26. The van der Waals surface area contributed by atoms with Gasteiger partial charge in [-0.05, 0) is 38.9 Å². The molecule has 7 nitrogen and oxygen atoms in total. The Kier molecular flexibility index (Phi) is 4.58. The molecule has 1 saturated heterocycles. The number of hydrogen-bond acceptors (Lipinski definition) is 5. The molecule has 0 bridgehead atoms. The molecule has 1 aliphatic heterocycles. The zero-order chi connectivity index (χ0) is 16.3. The molecule has 7 heteroatoms. The lowest BCUT2D eigenvalue weighted by molar-refractivity contribution is 0.0512. The van der Waals surface area contributed by atoms with Crippen LogP contribution in [-0.4, -0.2) is 53.9 Å². The molecule has 0 saturated carbocycles. The van der Waals surface area contributed by atoms with Gasteiger partial charge in [-0.25, -0.2) is 9.50 Å². The summed E-state index contributed by atoms with van der Waals surface area (Å²) in [6.45, 7) is 5.07. The normalized spacial score (nSPS) is 17.3. The van der Waals surface area contributed by atoms with Crippen LogP contribution in [0.1, 0.15) is 28.9 Å². The molecular formula is C16H23N5O2. The third-order valence-corrected chi connectivity index (χ3v) is 4.49. The molecule has 23 heavy (non-hydrogen) atoms. The fraction of sp³-hybridized carbons (Fsp3) is 0.562. The van der Waals surface area contributed by atoms with Crippen LogP contribution in [0.3, 0.4) is 0 Å². The van der Waals surface area contributed by atoms with Crippen molar-refractivity contribution in [1.82, 2.24) is 25.2 Å². The van der Waals surface area contributed by atoms with E-state index in [4.69, 9.17) is 4.74 Å². The summed E-state index contributed by atoms with van der Waals surface area (Å²) in [6, 6.07) is 1.87. The number of rotatable bonds is 5. The van der Waals surface area contributed by atoms with E-state index in [2.05, 4.69) is 20.7 Å². The van der Waals surface area contributed by atoms with Crippen molar-refractivity contribution in [1.29, 1.82) is 0 Å². The second kappa shape index (κ2) is 6.64. The maximum Gasteiger partial charge on any atom is 0.256 e. The first kappa shape index (κ1) is 15.9. The summed E-state index contributed by atoms with van der Waals surface area (Å²) in [6.07, 6.45) is 5.37. The Bertz CT molecular complexity index is 685. The lowest BCUT2D eigenvalue weighted by Crippen LogP contribution is -2.47. The van der Waals surface area contributed by atoms with Crippen LogP contribution in [0.4, 0.5) is 0 Å². The van der Waals surface area contributed by atoms with E-state index in [1.807, 2.05) is 19.2 Å². The highest BCUT2D eigenvalue weighted by Gasteiger charge is 2.32. The first-order chi connectivity index (χ1) is 11.1. The van der Waals surface area contributed by atoms with E-state index < -0.39 is 0 Å². The number of nitrogens with zero attached hydrogens (tertiary/aromatic N) is 3. The molecule has 1 fully saturated rings. The number of ether oxygens (including phenoxy) is 1. The van der Waals surface area contributed by atoms with E-state index in [1.54, 1.807) is 17.8 Å². The maximum atomic E-state index is 12.6. The molecule has 2 aromatic rings. The fourth-order valence-electron chi connectivity index (χ4n) is 3.12. The van der Waals surface area contributed by atoms with E-state index >= 15 is 0 Å². The Morgan fingerprint density at radius 3 is 3.00 bits per heavy atom. The molecule has 0 radical (unpaired) electrons. The predicted molar refractivity (Wildman–Crippen MR) is 86.5 cm³/mol. The van der Waals surface area contributed by atoms with Gasteiger partial charge in [0.2, 0.25) is 0 Å². The first-order valence-electron chi connectivity index (χ1n) is 7.92. The van der Waals surface area contributed by atoms with Crippen molar-refractivity contribution in [3.63, 3.8) is 0 Å². The number of amides is 1. The molecule has 2 N–H and O–H groups in total. The topological polar surface area (TPSA) is 80.5 Å². The lowest BCUT2D eigenvalue weighted by atomic mass is 9.79. The van der Waals surface area contributed by atoms with Crippen molar-refractivity contribution in [3.8, 4) is 0 Å². The zero-order valence-electron chi connectivity index (χ0n) is 13.6. The Morgan fingerprint density at radius 1 is 1.48 bits per heavy atom. The average molecular weight is 317 g/mol. The Hall–Kier alpha value is -1.99. The van der Waals surface area contributed by atoms with Gasteiger partial charge in [0.25, 0.3) is 5.91 Å². The average Bonchev–Trinajstić information content (AvgIpc) is 2.97. The fourth-order valence-corrected chi connectivity index (χ4v) is 3.12. The second-order valence-electron chi connectivity index (χ2n) is 6.26. The standard InChI is InChI=1S/C16H23N5O2/c1-12-3-8-21-14(20-12)13(9-19-21)15(22)18-10-16(11-23-2)4-6-17-7-5-16/h3,8-9,17H,4-7,10-11H2,1-2H3,(H,18,22). The number of carbonyl (C=O) groups is 1. The maximum absolute atomic E-state index is 12.6. The van der Waals surface area contributed by atoms with Gasteiger partial charge in [-0.15, -0.1) is 0 Å². The zero-order valence-corrected chi connectivity index (χ0v) is 13.6. The van der Waals surface area contributed by atoms with Crippen molar-refractivity contribution in [3.05, 3.63) is 29.7 Å². The molecule has 3 heterocycles. The molecule has 0 aromatic carbocycles. The number of aryl methyl sites for hydroxylation is 1. The van der Waals surface area contributed by atoms with Gasteiger partial charge in [0.15, 0.2) is 5.65 Å². The summed E-state index contributed by atoms with van der Waals surface area (Å²) in [5.41, 5.74) is 1.96. The van der Waals surface area contributed by atoms with Crippen LogP contribution >= 0.6 is 0 Å². The largest absolute Gasteiger partial charge is 0.384 e. The quantitative estimate of drug-likeness (QED) is 0.852. The van der Waals surface area contributed by atoms with Crippen molar-refractivity contribution in [2.24, 2.45) is 5.41 Å². The van der Waals surface area contributed by atoms with E-state index in [9.17, 15) is 4.79 Å². The van der Waals surface area contributed by atoms with Gasteiger partial charge in [-0.3, -0.25) is 4.79 Å². The summed E-state index contributed by atoms with van der Waals surface area (Å²) in [4.78, 5) is 17.0. The highest BCUT2D eigenvalue weighted by atomic mass is 16.5. The Labute approximate surface area is 135 Å². The SMILES string of the molecule is COCC1(CNC(=O)c2cnn3ccc(C)nc23)CCNCC1. The van der Waals surface area contributed by atoms with Crippen molar-refractivity contribution < 1.29 is 9.53 Å². The van der Waals surface area contributed by atoms with Crippen molar-refractivity contribution in [2.75, 3.05) is 33.4 Å². The van der Waals surface area contributed by atoms with E-state index in [0.29, 0.717) is 24.4 Å². The van der Waals surface area contributed by atoms with Crippen molar-refractivity contribution in [2.45, 2.75) is 19.8 Å². The van der Waals surface area contributed by atoms with Crippen molar-refractivity contribution >= 4 is 11.6 Å². The Balaban J connectivity index is 1.73. The molecule has 124 valence electrons. The number of nitrogens with one attached hydrogen (secondary N) is 2. The van der Waals surface area contributed by atoms with E-state index in [0.717, 1.165) is 31.6 Å². The monoisotopic (exact) mass is 317 g/mol. The smallest absolute Gasteiger partial charge is 0.256 e. The van der Waals surface area contributed by atoms with E-state index in [1.165, 1.54) is 0 Å². The molecule has 1 aliphatic rings. The number of hydrogen-bond donors (Lipinski definition) is 2. The van der Waals surface area contributed by atoms with Crippen LogP contribution in [0, 0.1) is 12.3 Å². The van der Waals surface area contributed by atoms with Gasteiger partial charge in [-0.2, -0.15) is 5.10 Å². The number of aromatic nitrogens is 3. The van der Waals surface area contributed by atoms with Gasteiger partial charge in [0.1, 0.15) is 5.56 Å². The van der Waals surface area contributed by atoms with Crippen LogP contribution in [0.15, 0.2) is 18.5 Å². The molecule has 0 atom stereocenters. The third kappa shape index (κ3) is 3.35. The molecule has 2 aromatic heterocycles. The minimum atomic E-state index is -0.132. The van der Waals surface area contributed by atoms with Crippen LogP contribution < -0.4 is 10.6 Å². The summed E-state index contributed by atoms with van der Waals surface area (Å²) < 4.78 is 7.01. The summed E-state index contributed by atoms with van der Waals surface area (Å²) in [5.74, 6) is -0.132. The van der Waals surface area contributed by atoms with Crippen LogP contribution in [-0.2, 0) is 4.74 Å². The number of carbonyl (C=O) groups excluding carboxylic acids is 1. The number of fused-ring (bicyclic) bond motifs is 1. The molecule has 3 rings (SSSR count). The molecule has 0 spiro atoms. The van der Waals surface area contributed by atoms with Crippen LogP contribution in [0.2, 0.25) is 0 Å². The minimum Gasteiger partial charge on any atom is -0.384 e. The van der Waals surface area contributed by atoms with Crippen LogP contribution in [0.5, 0.6) is 0 Å². The molecule has 1 amide bonds. The number of piperidine rings is 1. The summed E-state index contributed by atoms with van der Waals surface area (Å²) >= 11 is 0. The van der Waals surface area contributed by atoms with Gasteiger partial charge in [0.05, 0.1) is 12.8 Å².